The van der Waals surface area contributed by atoms with Gasteiger partial charge in [0.2, 0.25) is 5.91 Å². The van der Waals surface area contributed by atoms with Crippen molar-refractivity contribution in [2.75, 3.05) is 13.2 Å². The Labute approximate surface area is 85.5 Å². The largest absolute Gasteiger partial charge is 0.376 e. The summed E-state index contributed by atoms with van der Waals surface area (Å²) < 4.78 is 5.63. The third-order valence-corrected chi connectivity index (χ3v) is 2.49. The Bertz CT molecular complexity index is 186. The molecule has 1 amide bonds. The van der Waals surface area contributed by atoms with Crippen LogP contribution in [0.4, 0.5) is 0 Å². The van der Waals surface area contributed by atoms with Crippen molar-refractivity contribution in [3.63, 3.8) is 0 Å². The smallest absolute Gasteiger partial charge is 0.243 e. The van der Waals surface area contributed by atoms with Crippen molar-refractivity contribution in [1.29, 1.82) is 0 Å². The van der Waals surface area contributed by atoms with Crippen molar-refractivity contribution in [1.82, 2.24) is 5.32 Å². The third-order valence-electron chi connectivity index (χ3n) is 2.49. The summed E-state index contributed by atoms with van der Waals surface area (Å²) in [6.45, 7) is 4.58. The zero-order chi connectivity index (χ0) is 10.2. The molecule has 80 valence electrons. The first kappa shape index (κ1) is 11.2. The topological polar surface area (TPSA) is 38.3 Å². The molecule has 0 atom stereocenters. The van der Waals surface area contributed by atoms with Crippen LogP contribution in [-0.2, 0) is 9.53 Å². The normalized spacial score (nSPS) is 17.7. The van der Waals surface area contributed by atoms with Gasteiger partial charge in [0.05, 0.1) is 12.7 Å². The molecule has 0 bridgehead atoms. The molecule has 0 unspecified atom stereocenters. The van der Waals surface area contributed by atoms with Crippen LogP contribution in [0.15, 0.2) is 12.7 Å². The summed E-state index contributed by atoms with van der Waals surface area (Å²) in [4.78, 5) is 10.8. The zero-order valence-electron chi connectivity index (χ0n) is 8.63. The number of ether oxygens (including phenoxy) is 1. The summed E-state index contributed by atoms with van der Waals surface area (Å²) >= 11 is 0. The number of hydrogen-bond donors (Lipinski definition) is 1. The van der Waals surface area contributed by atoms with Crippen LogP contribution in [0.3, 0.4) is 0 Å². The first-order valence-corrected chi connectivity index (χ1v) is 5.35. The Morgan fingerprint density at radius 2 is 2.14 bits per heavy atom. The fraction of sp³-hybridized carbons (Fsp3) is 0.727. The van der Waals surface area contributed by atoms with Crippen LogP contribution >= 0.6 is 0 Å². The maximum atomic E-state index is 10.8. The average Bonchev–Trinajstić information content (AvgIpc) is 2.25. The average molecular weight is 197 g/mol. The Balaban J connectivity index is 1.97. The van der Waals surface area contributed by atoms with E-state index in [9.17, 15) is 4.79 Å². The highest BCUT2D eigenvalue weighted by atomic mass is 16.5. The van der Waals surface area contributed by atoms with Crippen molar-refractivity contribution in [2.45, 2.75) is 38.2 Å². The molecule has 0 heterocycles. The van der Waals surface area contributed by atoms with Gasteiger partial charge in [0, 0.05) is 6.54 Å². The summed E-state index contributed by atoms with van der Waals surface area (Å²) in [5, 5.41) is 2.69. The summed E-state index contributed by atoms with van der Waals surface area (Å²) in [5.41, 5.74) is 0. The molecule has 1 rings (SSSR count). The Morgan fingerprint density at radius 3 is 2.79 bits per heavy atom. The van der Waals surface area contributed by atoms with E-state index in [2.05, 4.69) is 11.9 Å². The number of carbonyl (C=O) groups is 1. The first-order chi connectivity index (χ1) is 6.83. The lowest BCUT2D eigenvalue weighted by atomic mass is 9.98. The molecule has 3 nitrogen and oxygen atoms in total. The molecule has 3 heteroatoms. The fourth-order valence-corrected chi connectivity index (χ4v) is 1.70. The molecule has 0 aromatic rings. The molecule has 0 saturated heterocycles. The van der Waals surface area contributed by atoms with E-state index in [1.165, 1.54) is 38.2 Å². The van der Waals surface area contributed by atoms with Gasteiger partial charge in [-0.25, -0.2) is 0 Å². The molecule has 14 heavy (non-hydrogen) atoms. The number of hydrogen-bond acceptors (Lipinski definition) is 2. The number of nitrogens with one attached hydrogen (secondary N) is 1. The standard InChI is InChI=1S/C11H19NO2/c1-2-11(13)12-8-9-14-10-6-4-3-5-7-10/h2,10H,1,3-9H2,(H,12,13). The van der Waals surface area contributed by atoms with E-state index in [0.29, 0.717) is 19.3 Å². The van der Waals surface area contributed by atoms with Crippen molar-refractivity contribution in [2.24, 2.45) is 0 Å². The minimum absolute atomic E-state index is 0.128. The van der Waals surface area contributed by atoms with Crippen LogP contribution in [0.5, 0.6) is 0 Å². The molecule has 1 fully saturated rings. The van der Waals surface area contributed by atoms with Gasteiger partial charge in [0.1, 0.15) is 0 Å². The molecule has 1 N–H and O–H groups in total. The molecule has 0 aromatic carbocycles. The SMILES string of the molecule is C=CC(=O)NCCOC1CCCCC1. The highest BCUT2D eigenvalue weighted by molar-refractivity contribution is 5.86. The molecule has 1 aliphatic carbocycles. The van der Waals surface area contributed by atoms with E-state index in [-0.39, 0.29) is 5.91 Å². The van der Waals surface area contributed by atoms with Crippen LogP contribution < -0.4 is 5.32 Å². The summed E-state index contributed by atoms with van der Waals surface area (Å²) in [6.07, 6.45) is 7.95. The Morgan fingerprint density at radius 1 is 1.43 bits per heavy atom. The second-order valence-corrected chi connectivity index (χ2v) is 3.63. The number of carbonyl (C=O) groups excluding carboxylic acids is 1. The van der Waals surface area contributed by atoms with Gasteiger partial charge in [-0.2, -0.15) is 0 Å². The van der Waals surface area contributed by atoms with E-state index in [0.717, 1.165) is 0 Å². The number of rotatable bonds is 5. The lowest BCUT2D eigenvalue weighted by Gasteiger charge is -2.21. The zero-order valence-corrected chi connectivity index (χ0v) is 8.63. The summed E-state index contributed by atoms with van der Waals surface area (Å²) in [6, 6.07) is 0. The molecule has 0 aromatic heterocycles. The molecule has 0 radical (unpaired) electrons. The van der Waals surface area contributed by atoms with Crippen molar-refractivity contribution >= 4 is 5.91 Å². The lowest BCUT2D eigenvalue weighted by Crippen LogP contribution is -2.27. The second kappa shape index (κ2) is 6.60. The van der Waals surface area contributed by atoms with Crippen LogP contribution in [0, 0.1) is 0 Å². The predicted molar refractivity (Wildman–Crippen MR) is 56.0 cm³/mol. The van der Waals surface area contributed by atoms with Crippen molar-refractivity contribution < 1.29 is 9.53 Å². The molecule has 0 spiro atoms. The van der Waals surface area contributed by atoms with Crippen LogP contribution in [0.1, 0.15) is 32.1 Å². The van der Waals surface area contributed by atoms with Gasteiger partial charge in [-0.15, -0.1) is 0 Å². The molecular formula is C11H19NO2. The highest BCUT2D eigenvalue weighted by Crippen LogP contribution is 2.19. The maximum absolute atomic E-state index is 10.8. The second-order valence-electron chi connectivity index (χ2n) is 3.63. The summed E-state index contributed by atoms with van der Waals surface area (Å²) in [7, 11) is 0. The van der Waals surface area contributed by atoms with E-state index in [4.69, 9.17) is 4.74 Å². The van der Waals surface area contributed by atoms with Gasteiger partial charge in [0.15, 0.2) is 0 Å². The summed E-state index contributed by atoms with van der Waals surface area (Å²) in [5.74, 6) is -0.128. The molecule has 1 saturated carbocycles. The third kappa shape index (κ3) is 4.42. The first-order valence-electron chi connectivity index (χ1n) is 5.35. The van der Waals surface area contributed by atoms with E-state index in [1.807, 2.05) is 0 Å². The quantitative estimate of drug-likeness (QED) is 0.537. The maximum Gasteiger partial charge on any atom is 0.243 e. The van der Waals surface area contributed by atoms with E-state index >= 15 is 0 Å². The lowest BCUT2D eigenvalue weighted by molar-refractivity contribution is -0.116. The van der Waals surface area contributed by atoms with Crippen LogP contribution in [0.2, 0.25) is 0 Å². The van der Waals surface area contributed by atoms with Crippen molar-refractivity contribution in [3.05, 3.63) is 12.7 Å². The minimum Gasteiger partial charge on any atom is -0.376 e. The number of amides is 1. The van der Waals surface area contributed by atoms with Crippen molar-refractivity contribution in [3.8, 4) is 0 Å². The molecule has 0 aliphatic heterocycles. The molecular weight excluding hydrogens is 178 g/mol. The van der Waals surface area contributed by atoms with Crippen LogP contribution in [-0.4, -0.2) is 25.2 Å². The van der Waals surface area contributed by atoms with Gasteiger partial charge in [0.25, 0.3) is 0 Å². The minimum atomic E-state index is -0.128. The van der Waals surface area contributed by atoms with Gasteiger partial charge >= 0.3 is 0 Å². The Hall–Kier alpha value is -0.830. The van der Waals surface area contributed by atoms with Gasteiger partial charge in [-0.3, -0.25) is 4.79 Å². The monoisotopic (exact) mass is 197 g/mol. The highest BCUT2D eigenvalue weighted by Gasteiger charge is 2.12. The van der Waals surface area contributed by atoms with Gasteiger partial charge in [-0.1, -0.05) is 25.8 Å². The van der Waals surface area contributed by atoms with E-state index < -0.39 is 0 Å². The Kier molecular flexibility index (Phi) is 5.30. The fourth-order valence-electron chi connectivity index (χ4n) is 1.70. The van der Waals surface area contributed by atoms with Crippen LogP contribution in [0.25, 0.3) is 0 Å². The van der Waals surface area contributed by atoms with E-state index in [1.54, 1.807) is 0 Å². The molecule has 1 aliphatic rings. The van der Waals surface area contributed by atoms with Gasteiger partial charge < -0.3 is 10.1 Å². The predicted octanol–water partition coefficient (Wildman–Crippen LogP) is 1.64. The van der Waals surface area contributed by atoms with Gasteiger partial charge in [-0.05, 0) is 18.9 Å².